The molecule has 0 bridgehead atoms. The molecule has 0 spiro atoms. The van der Waals surface area contributed by atoms with E-state index in [1.807, 2.05) is 6.07 Å². The topological polar surface area (TPSA) is 58.6 Å². The van der Waals surface area contributed by atoms with Gasteiger partial charge in [-0.1, -0.05) is 12.1 Å². The molecule has 0 aromatic heterocycles. The van der Waals surface area contributed by atoms with Gasteiger partial charge < -0.3 is 15.0 Å². The highest BCUT2D eigenvalue weighted by Crippen LogP contribution is 2.19. The van der Waals surface area contributed by atoms with Crippen LogP contribution in [-0.4, -0.2) is 29.4 Å². The lowest BCUT2D eigenvalue weighted by Gasteiger charge is -2.17. The molecule has 2 aromatic carbocycles. The van der Waals surface area contributed by atoms with Crippen LogP contribution in [0.15, 0.2) is 42.5 Å². The first-order chi connectivity index (χ1) is 12.9. The Kier molecular flexibility index (Phi) is 5.69. The van der Waals surface area contributed by atoms with Gasteiger partial charge in [0.15, 0.2) is 17.7 Å². The van der Waals surface area contributed by atoms with Crippen molar-refractivity contribution in [1.82, 2.24) is 4.90 Å². The van der Waals surface area contributed by atoms with Gasteiger partial charge in [0.2, 0.25) is 5.91 Å². The van der Waals surface area contributed by atoms with Gasteiger partial charge in [0.05, 0.1) is 0 Å². The van der Waals surface area contributed by atoms with Crippen LogP contribution in [0.4, 0.5) is 14.5 Å². The van der Waals surface area contributed by atoms with Gasteiger partial charge in [-0.15, -0.1) is 0 Å². The molecule has 1 fully saturated rings. The Balaban J connectivity index is 1.60. The molecule has 0 saturated carbocycles. The zero-order valence-corrected chi connectivity index (χ0v) is 14.9. The van der Waals surface area contributed by atoms with Gasteiger partial charge in [-0.2, -0.15) is 0 Å². The number of halogens is 2. The molecule has 1 aliphatic heterocycles. The Morgan fingerprint density at radius 1 is 1.22 bits per heavy atom. The van der Waals surface area contributed by atoms with E-state index in [4.69, 9.17) is 4.74 Å². The molecule has 1 unspecified atom stereocenters. The minimum atomic E-state index is -1.04. The number of nitrogens with one attached hydrogen (secondary N) is 1. The van der Waals surface area contributed by atoms with Crippen molar-refractivity contribution < 1.29 is 23.1 Å². The fraction of sp³-hybridized carbons (Fsp3) is 0.300. The first kappa shape index (κ1) is 18.8. The Labute approximate surface area is 155 Å². The monoisotopic (exact) mass is 374 g/mol. The highest BCUT2D eigenvalue weighted by atomic mass is 19.2. The number of carbonyl (C=O) groups is 2. The lowest BCUT2D eigenvalue weighted by atomic mass is 10.2. The molecule has 5 nitrogen and oxygen atoms in total. The maximum Gasteiger partial charge on any atom is 0.265 e. The van der Waals surface area contributed by atoms with Gasteiger partial charge >= 0.3 is 0 Å². The zero-order chi connectivity index (χ0) is 19.4. The highest BCUT2D eigenvalue weighted by molar-refractivity contribution is 5.94. The number of carbonyl (C=O) groups excluding carboxylic acids is 2. The molecule has 142 valence electrons. The molecule has 7 heteroatoms. The third-order valence-corrected chi connectivity index (χ3v) is 4.31. The van der Waals surface area contributed by atoms with Crippen molar-refractivity contribution in [2.24, 2.45) is 0 Å². The van der Waals surface area contributed by atoms with Gasteiger partial charge in [-0.3, -0.25) is 9.59 Å². The predicted molar refractivity (Wildman–Crippen MR) is 96.2 cm³/mol. The summed E-state index contributed by atoms with van der Waals surface area (Å²) in [6, 6.07) is 10.3. The van der Waals surface area contributed by atoms with Crippen LogP contribution in [0.5, 0.6) is 5.75 Å². The van der Waals surface area contributed by atoms with Gasteiger partial charge in [0.25, 0.3) is 5.91 Å². The lowest BCUT2D eigenvalue weighted by molar-refractivity contribution is -0.128. The Morgan fingerprint density at radius 2 is 2.04 bits per heavy atom. The third kappa shape index (κ3) is 4.81. The Hall–Kier alpha value is -2.96. The lowest BCUT2D eigenvalue weighted by Crippen LogP contribution is -2.30. The Bertz CT molecular complexity index is 857. The first-order valence-electron chi connectivity index (χ1n) is 8.71. The van der Waals surface area contributed by atoms with E-state index in [0.717, 1.165) is 30.7 Å². The largest absolute Gasteiger partial charge is 0.481 e. The van der Waals surface area contributed by atoms with Gasteiger partial charge in [-0.05, 0) is 43.2 Å². The van der Waals surface area contributed by atoms with E-state index in [1.54, 1.807) is 23.1 Å². The summed E-state index contributed by atoms with van der Waals surface area (Å²) in [5, 5.41) is 2.73. The van der Waals surface area contributed by atoms with Crippen molar-refractivity contribution in [1.29, 1.82) is 0 Å². The summed E-state index contributed by atoms with van der Waals surface area (Å²) in [6.45, 7) is 2.77. The minimum Gasteiger partial charge on any atom is -0.481 e. The number of rotatable bonds is 6. The van der Waals surface area contributed by atoms with Gasteiger partial charge in [0.1, 0.15) is 5.75 Å². The molecule has 1 heterocycles. The van der Waals surface area contributed by atoms with Crippen LogP contribution in [0.1, 0.15) is 25.3 Å². The number of hydrogen-bond donors (Lipinski definition) is 1. The molecule has 0 radical (unpaired) electrons. The van der Waals surface area contributed by atoms with Crippen molar-refractivity contribution in [3.05, 3.63) is 59.7 Å². The molecule has 3 rings (SSSR count). The standard InChI is InChI=1S/C20H20F2N2O3/c1-13(27-16-7-8-17(21)18(22)11-16)20(26)23-15-5-2-4-14(10-15)12-24-9-3-6-19(24)25/h2,4-5,7-8,10-11,13H,3,6,9,12H2,1H3,(H,23,26). The fourth-order valence-corrected chi connectivity index (χ4v) is 2.89. The molecule has 1 aliphatic rings. The van der Waals surface area contributed by atoms with Gasteiger partial charge in [-0.25, -0.2) is 8.78 Å². The fourth-order valence-electron chi connectivity index (χ4n) is 2.89. The molecule has 1 atom stereocenters. The average molecular weight is 374 g/mol. The summed E-state index contributed by atoms with van der Waals surface area (Å²) in [5.74, 6) is -2.23. The van der Waals surface area contributed by atoms with Crippen molar-refractivity contribution in [3.63, 3.8) is 0 Å². The Morgan fingerprint density at radius 3 is 2.74 bits per heavy atom. The van der Waals surface area contributed by atoms with Crippen LogP contribution in [0.3, 0.4) is 0 Å². The molecule has 1 N–H and O–H groups in total. The zero-order valence-electron chi connectivity index (χ0n) is 14.9. The van der Waals surface area contributed by atoms with Crippen molar-refractivity contribution in [2.75, 3.05) is 11.9 Å². The number of nitrogens with zero attached hydrogens (tertiary/aromatic N) is 1. The molecule has 27 heavy (non-hydrogen) atoms. The smallest absolute Gasteiger partial charge is 0.265 e. The normalized spacial score (nSPS) is 14.9. The van der Waals surface area contributed by atoms with E-state index in [1.165, 1.54) is 13.0 Å². The summed E-state index contributed by atoms with van der Waals surface area (Å²) >= 11 is 0. The van der Waals surface area contributed by atoms with Crippen molar-refractivity contribution in [2.45, 2.75) is 32.4 Å². The number of likely N-dealkylation sites (tertiary alicyclic amines) is 1. The van der Waals surface area contributed by atoms with E-state index in [2.05, 4.69) is 5.32 Å². The molecular weight excluding hydrogens is 354 g/mol. The molecule has 0 aliphatic carbocycles. The van der Waals surface area contributed by atoms with Crippen LogP contribution in [0.2, 0.25) is 0 Å². The number of amides is 2. The van der Waals surface area contributed by atoms with Gasteiger partial charge in [0, 0.05) is 31.3 Å². The summed E-state index contributed by atoms with van der Waals surface area (Å²) in [4.78, 5) is 25.8. The minimum absolute atomic E-state index is 0.0675. The molecular formula is C20H20F2N2O3. The summed E-state index contributed by atoms with van der Waals surface area (Å²) in [6.07, 6.45) is 0.544. The third-order valence-electron chi connectivity index (χ3n) is 4.31. The summed E-state index contributed by atoms with van der Waals surface area (Å²) in [7, 11) is 0. The highest BCUT2D eigenvalue weighted by Gasteiger charge is 2.20. The van der Waals surface area contributed by atoms with Crippen LogP contribution < -0.4 is 10.1 Å². The van der Waals surface area contributed by atoms with E-state index in [9.17, 15) is 18.4 Å². The number of anilines is 1. The average Bonchev–Trinajstić information content (AvgIpc) is 3.03. The van der Waals surface area contributed by atoms with Crippen LogP contribution >= 0.6 is 0 Å². The molecule has 2 amide bonds. The second-order valence-corrected chi connectivity index (χ2v) is 6.44. The van der Waals surface area contributed by atoms with E-state index in [0.29, 0.717) is 18.7 Å². The second kappa shape index (κ2) is 8.16. The van der Waals surface area contributed by atoms with Crippen molar-refractivity contribution >= 4 is 17.5 Å². The number of benzene rings is 2. The van der Waals surface area contributed by atoms with E-state index in [-0.39, 0.29) is 11.7 Å². The SMILES string of the molecule is CC(Oc1ccc(F)c(F)c1)C(=O)Nc1cccc(CN2CCCC2=O)c1. The molecule has 2 aromatic rings. The summed E-state index contributed by atoms with van der Waals surface area (Å²) in [5.41, 5.74) is 1.49. The van der Waals surface area contributed by atoms with Crippen molar-refractivity contribution in [3.8, 4) is 5.75 Å². The summed E-state index contributed by atoms with van der Waals surface area (Å²) < 4.78 is 31.6. The first-order valence-corrected chi connectivity index (χ1v) is 8.71. The van der Waals surface area contributed by atoms with E-state index >= 15 is 0 Å². The number of hydrogen-bond acceptors (Lipinski definition) is 3. The van der Waals surface area contributed by atoms with E-state index < -0.39 is 23.6 Å². The maximum atomic E-state index is 13.2. The van der Waals surface area contributed by atoms with Crippen LogP contribution in [0, 0.1) is 11.6 Å². The maximum absolute atomic E-state index is 13.2. The van der Waals surface area contributed by atoms with Crippen LogP contribution in [-0.2, 0) is 16.1 Å². The number of ether oxygens (including phenoxy) is 1. The second-order valence-electron chi connectivity index (χ2n) is 6.44. The molecule has 1 saturated heterocycles. The van der Waals surface area contributed by atoms with Crippen LogP contribution in [0.25, 0.3) is 0 Å². The quantitative estimate of drug-likeness (QED) is 0.842. The predicted octanol–water partition coefficient (Wildman–Crippen LogP) is 3.49.